The number of rotatable bonds is 9. The highest BCUT2D eigenvalue weighted by molar-refractivity contribution is 8.32. The number of ether oxygens (including phenoxy) is 1. The zero-order valence-electron chi connectivity index (χ0n) is 21.0. The topological polar surface area (TPSA) is 66.0 Å². The van der Waals surface area contributed by atoms with Gasteiger partial charge in [-0.25, -0.2) is 20.0 Å². The van der Waals surface area contributed by atoms with E-state index < -0.39 is 10.0 Å². The summed E-state index contributed by atoms with van der Waals surface area (Å²) in [7, 11) is -0.556. The first kappa shape index (κ1) is 24.0. The summed E-state index contributed by atoms with van der Waals surface area (Å²) in [4.78, 5) is 9.29. The van der Waals surface area contributed by atoms with Crippen molar-refractivity contribution in [3.63, 3.8) is 0 Å². The second-order valence-electron chi connectivity index (χ2n) is 10.6. The fourth-order valence-electron chi connectivity index (χ4n) is 5.30. The third-order valence-corrected chi connectivity index (χ3v) is 8.57. The van der Waals surface area contributed by atoms with Crippen LogP contribution >= 0.6 is 10.0 Å². The van der Waals surface area contributed by atoms with Gasteiger partial charge in [0.05, 0.1) is 12.3 Å². The van der Waals surface area contributed by atoms with Crippen LogP contribution in [0.3, 0.4) is 0 Å². The number of nitrogens with two attached hydrogens (primary N) is 1. The van der Waals surface area contributed by atoms with Gasteiger partial charge in [-0.05, 0) is 73.4 Å². The van der Waals surface area contributed by atoms with E-state index in [2.05, 4.69) is 89.1 Å². The van der Waals surface area contributed by atoms with Crippen molar-refractivity contribution in [3.8, 4) is 11.3 Å². The highest BCUT2D eigenvalue weighted by Gasteiger charge is 2.38. The lowest BCUT2D eigenvalue weighted by Gasteiger charge is -2.30. The average molecular weight is 489 g/mol. The van der Waals surface area contributed by atoms with E-state index >= 15 is 0 Å². The Hall–Kier alpha value is -2.67. The molecule has 0 fully saturated rings. The van der Waals surface area contributed by atoms with Gasteiger partial charge >= 0.3 is 0 Å². The number of nitrogens with zero attached hydrogens (tertiary/aromatic N) is 3. The molecule has 0 bridgehead atoms. The number of benzene rings is 2. The van der Waals surface area contributed by atoms with E-state index in [0.29, 0.717) is 13.3 Å². The first-order valence-corrected chi connectivity index (χ1v) is 15.3. The Morgan fingerprint density at radius 2 is 1.77 bits per heavy atom. The van der Waals surface area contributed by atoms with Crippen molar-refractivity contribution < 1.29 is 4.74 Å². The molecule has 0 saturated carbocycles. The van der Waals surface area contributed by atoms with Crippen molar-refractivity contribution in [2.45, 2.75) is 31.4 Å². The molecule has 2 aromatic heterocycles. The van der Waals surface area contributed by atoms with E-state index in [1.165, 1.54) is 16.7 Å². The van der Waals surface area contributed by atoms with Gasteiger partial charge in [0, 0.05) is 28.3 Å². The predicted octanol–water partition coefficient (Wildman–Crippen LogP) is 5.15. The van der Waals surface area contributed by atoms with Crippen molar-refractivity contribution >= 4 is 21.1 Å². The lowest BCUT2D eigenvalue weighted by molar-refractivity contribution is 0.0923. The van der Waals surface area contributed by atoms with Gasteiger partial charge in [-0.3, -0.25) is 0 Å². The van der Waals surface area contributed by atoms with Crippen LogP contribution in [-0.4, -0.2) is 52.2 Å². The molecule has 5 nitrogen and oxygen atoms in total. The normalized spacial score (nSPS) is 15.4. The van der Waals surface area contributed by atoms with Crippen LogP contribution in [0.25, 0.3) is 22.3 Å². The molecule has 1 aliphatic rings. The summed E-state index contributed by atoms with van der Waals surface area (Å²) in [6.45, 7) is 1.95. The lowest BCUT2D eigenvalue weighted by Crippen LogP contribution is -2.30. The van der Waals surface area contributed by atoms with Gasteiger partial charge in [0.2, 0.25) is 0 Å². The number of hydrogen-bond acceptors (Lipinski definition) is 4. The van der Waals surface area contributed by atoms with Gasteiger partial charge in [0.1, 0.15) is 18.7 Å². The van der Waals surface area contributed by atoms with Crippen LogP contribution in [0, 0.1) is 0 Å². The molecule has 2 N–H and O–H groups in total. The largest absolute Gasteiger partial charge is 0.360 e. The molecule has 0 unspecified atom stereocenters. The van der Waals surface area contributed by atoms with Crippen molar-refractivity contribution in [3.05, 3.63) is 83.8 Å². The van der Waals surface area contributed by atoms with Gasteiger partial charge < -0.3 is 15.0 Å². The Balaban J connectivity index is 1.44. The van der Waals surface area contributed by atoms with Crippen LogP contribution in [0.15, 0.2) is 67.1 Å². The Labute approximate surface area is 210 Å². The average Bonchev–Trinajstić information content (AvgIpc) is 3.43. The predicted molar refractivity (Wildman–Crippen MR) is 148 cm³/mol. The molecule has 0 saturated heterocycles. The van der Waals surface area contributed by atoms with Crippen LogP contribution in [0.1, 0.15) is 23.1 Å². The van der Waals surface area contributed by atoms with Gasteiger partial charge in [-0.1, -0.05) is 42.5 Å². The molecule has 0 radical (unpaired) electrons. The van der Waals surface area contributed by atoms with E-state index in [4.69, 9.17) is 15.5 Å². The highest BCUT2D eigenvalue weighted by atomic mass is 32.3. The number of hydrogen-bond donors (Lipinski definition) is 1. The van der Waals surface area contributed by atoms with Gasteiger partial charge in [-0.15, -0.1) is 0 Å². The first-order chi connectivity index (χ1) is 16.9. The number of fused-ring (bicyclic) bond motifs is 2. The van der Waals surface area contributed by atoms with Crippen LogP contribution in [-0.2, 0) is 29.7 Å². The summed E-state index contributed by atoms with van der Waals surface area (Å²) in [6.07, 6.45) is 13.7. The third-order valence-electron chi connectivity index (χ3n) is 7.17. The van der Waals surface area contributed by atoms with E-state index in [9.17, 15) is 0 Å². The molecule has 35 heavy (non-hydrogen) atoms. The number of aromatic nitrogens is 3. The quantitative estimate of drug-likeness (QED) is 0.331. The molecule has 1 aliphatic carbocycles. The van der Waals surface area contributed by atoms with Crippen molar-refractivity contribution in [1.29, 1.82) is 0 Å². The summed E-state index contributed by atoms with van der Waals surface area (Å²) >= 11 is 0. The van der Waals surface area contributed by atoms with E-state index in [1.54, 1.807) is 6.33 Å². The fourth-order valence-corrected chi connectivity index (χ4v) is 5.92. The molecule has 0 amide bonds. The summed E-state index contributed by atoms with van der Waals surface area (Å²) in [5.74, 6) is 1.10. The van der Waals surface area contributed by atoms with Gasteiger partial charge in [0.25, 0.3) is 0 Å². The Morgan fingerprint density at radius 3 is 2.49 bits per heavy atom. The fraction of sp³-hybridized carbons (Fsp3) is 0.379. The summed E-state index contributed by atoms with van der Waals surface area (Å²) in [6, 6.07) is 19.8. The maximum atomic E-state index is 6.13. The smallest absolute Gasteiger partial charge is 0.145 e. The molecule has 0 atom stereocenters. The van der Waals surface area contributed by atoms with Crippen LogP contribution < -0.4 is 5.73 Å². The minimum atomic E-state index is -0.556. The lowest BCUT2D eigenvalue weighted by atomic mass is 9.74. The summed E-state index contributed by atoms with van der Waals surface area (Å²) < 4.78 is 8.05. The van der Waals surface area contributed by atoms with Crippen molar-refractivity contribution in [2.75, 3.05) is 37.7 Å². The van der Waals surface area contributed by atoms with Gasteiger partial charge in [-0.2, -0.15) is 0 Å². The van der Waals surface area contributed by atoms with E-state index in [-0.39, 0.29) is 5.41 Å². The Morgan fingerprint density at radius 1 is 1.00 bits per heavy atom. The molecule has 2 aromatic carbocycles. The zero-order chi connectivity index (χ0) is 24.5. The molecule has 0 aliphatic heterocycles. The minimum absolute atomic E-state index is 0.0371. The molecule has 0 spiro atoms. The molecule has 5 rings (SSSR count). The third kappa shape index (κ3) is 5.01. The Kier molecular flexibility index (Phi) is 6.71. The van der Waals surface area contributed by atoms with Gasteiger partial charge in [0.15, 0.2) is 0 Å². The summed E-state index contributed by atoms with van der Waals surface area (Å²) in [5.41, 5.74) is 13.4. The van der Waals surface area contributed by atoms with Crippen molar-refractivity contribution in [1.82, 2.24) is 14.5 Å². The SMILES string of the molecule is CS(C)(C)CCOCn1ccc2c(-c3cccc(C4(CCN)Cc5ccccc5C4)c3)ncnc21. The molecule has 2 heterocycles. The minimum Gasteiger partial charge on any atom is -0.360 e. The van der Waals surface area contributed by atoms with Crippen molar-refractivity contribution in [2.24, 2.45) is 5.73 Å². The van der Waals surface area contributed by atoms with Crippen LogP contribution in [0.2, 0.25) is 0 Å². The maximum Gasteiger partial charge on any atom is 0.145 e. The maximum absolute atomic E-state index is 6.13. The second kappa shape index (κ2) is 9.76. The summed E-state index contributed by atoms with van der Waals surface area (Å²) in [5, 5.41) is 1.05. The monoisotopic (exact) mass is 488 g/mol. The van der Waals surface area contributed by atoms with Crippen LogP contribution in [0.4, 0.5) is 0 Å². The Bertz CT molecular complexity index is 1300. The van der Waals surface area contributed by atoms with E-state index in [1.807, 2.05) is 0 Å². The first-order valence-electron chi connectivity index (χ1n) is 12.3. The molecule has 184 valence electrons. The molecular weight excluding hydrogens is 452 g/mol. The molecular formula is C29H36N4OS. The highest BCUT2D eigenvalue weighted by Crippen LogP contribution is 2.43. The second-order valence-corrected chi connectivity index (χ2v) is 15.2. The zero-order valence-corrected chi connectivity index (χ0v) is 21.9. The molecule has 6 heteroatoms. The molecule has 4 aromatic rings. The van der Waals surface area contributed by atoms with E-state index in [0.717, 1.165) is 53.9 Å². The standard InChI is InChI=1S/C29H36N4OS/c1-35(2,3)16-15-34-21-33-14-11-26-27(31-20-32-28(26)33)22-9-6-10-25(17-22)29(12-13-30)18-23-7-4-5-8-24(23)19-29/h4-11,14,17,20H,12-13,15-16,18-19,21,30H2,1-3H3. The van der Waals surface area contributed by atoms with Crippen LogP contribution in [0.5, 0.6) is 0 Å².